The van der Waals surface area contributed by atoms with Crippen LogP contribution in [0.2, 0.25) is 0 Å². The van der Waals surface area contributed by atoms with Gasteiger partial charge in [-0.2, -0.15) is 5.10 Å². The van der Waals surface area contributed by atoms with Gasteiger partial charge in [0.05, 0.1) is 13.1 Å². The van der Waals surface area contributed by atoms with Gasteiger partial charge >= 0.3 is 0 Å². The number of nitrogens with one attached hydrogen (secondary N) is 1. The molecule has 28 heavy (non-hydrogen) atoms. The van der Waals surface area contributed by atoms with E-state index in [0.717, 1.165) is 11.1 Å². The first-order valence-electron chi connectivity index (χ1n) is 8.81. The molecule has 1 heterocycles. The number of hydrogen-bond acceptors (Lipinski definition) is 4. The largest absolute Gasteiger partial charge is 0.492 e. The van der Waals surface area contributed by atoms with Crippen molar-refractivity contribution in [2.75, 3.05) is 13.2 Å². The fraction of sp³-hybridized carbons (Fsp3) is 0.190. The molecule has 1 aromatic heterocycles. The summed E-state index contributed by atoms with van der Waals surface area (Å²) < 4.78 is 19.5. The third-order valence-electron chi connectivity index (χ3n) is 4.02. The van der Waals surface area contributed by atoms with E-state index in [1.807, 2.05) is 31.2 Å². The Labute approximate surface area is 161 Å². The Morgan fingerprint density at radius 1 is 1.07 bits per heavy atom. The van der Waals surface area contributed by atoms with Crippen LogP contribution >= 0.6 is 0 Å². The van der Waals surface area contributed by atoms with Crippen LogP contribution in [-0.2, 0) is 6.54 Å². The maximum atomic E-state index is 12.8. The van der Waals surface area contributed by atoms with Crippen LogP contribution in [-0.4, -0.2) is 28.8 Å². The third-order valence-corrected chi connectivity index (χ3v) is 4.02. The first-order valence-corrected chi connectivity index (χ1v) is 8.81. The van der Waals surface area contributed by atoms with Gasteiger partial charge in [0, 0.05) is 6.07 Å². The maximum Gasteiger partial charge on any atom is 0.271 e. The summed E-state index contributed by atoms with van der Waals surface area (Å²) in [6, 6.07) is 16.1. The maximum absolute atomic E-state index is 12.8. The number of hydrogen-bond donors (Lipinski definition) is 1. The number of aryl methyl sites for hydroxylation is 1. The van der Waals surface area contributed by atoms with Gasteiger partial charge in [-0.1, -0.05) is 29.8 Å². The van der Waals surface area contributed by atoms with E-state index in [1.54, 1.807) is 0 Å². The highest BCUT2D eigenvalue weighted by Crippen LogP contribution is 2.10. The van der Waals surface area contributed by atoms with Crippen LogP contribution in [0.1, 0.15) is 21.6 Å². The number of amides is 1. The van der Waals surface area contributed by atoms with Gasteiger partial charge in [-0.25, -0.2) is 9.07 Å². The van der Waals surface area contributed by atoms with E-state index in [1.165, 1.54) is 41.1 Å². The number of benzene rings is 2. The molecule has 0 aliphatic heterocycles. The van der Waals surface area contributed by atoms with Crippen LogP contribution in [0, 0.1) is 12.7 Å². The lowest BCUT2D eigenvalue weighted by Gasteiger charge is -2.09. The Balaban J connectivity index is 1.56. The Kier molecular flexibility index (Phi) is 6.16. The summed E-state index contributed by atoms with van der Waals surface area (Å²) in [6.45, 7) is 2.74. The Morgan fingerprint density at radius 3 is 2.50 bits per heavy atom. The van der Waals surface area contributed by atoms with Crippen molar-refractivity contribution in [3.63, 3.8) is 0 Å². The van der Waals surface area contributed by atoms with Gasteiger partial charge in [-0.05, 0) is 42.8 Å². The Morgan fingerprint density at radius 2 is 1.79 bits per heavy atom. The normalized spacial score (nSPS) is 10.5. The molecular weight excluding hydrogens is 361 g/mol. The zero-order chi connectivity index (χ0) is 19.9. The first kappa shape index (κ1) is 19.3. The summed E-state index contributed by atoms with van der Waals surface area (Å²) in [5.41, 5.74) is 1.91. The number of ether oxygens (including phenoxy) is 1. The molecule has 0 bridgehead atoms. The summed E-state index contributed by atoms with van der Waals surface area (Å²) in [4.78, 5) is 24.3. The molecule has 6 nitrogen and oxygen atoms in total. The molecule has 0 spiro atoms. The van der Waals surface area contributed by atoms with E-state index in [2.05, 4.69) is 10.4 Å². The molecule has 1 amide bonds. The molecule has 0 unspecified atom stereocenters. The molecule has 3 aromatic rings. The summed E-state index contributed by atoms with van der Waals surface area (Å²) in [5, 5.41) is 6.83. The monoisotopic (exact) mass is 381 g/mol. The number of rotatable bonds is 7. The van der Waals surface area contributed by atoms with Crippen LogP contribution in [0.4, 0.5) is 4.39 Å². The minimum absolute atomic E-state index is 0.147. The van der Waals surface area contributed by atoms with Crippen LogP contribution < -0.4 is 15.6 Å². The highest BCUT2D eigenvalue weighted by atomic mass is 19.1. The first-order chi connectivity index (χ1) is 13.5. The van der Waals surface area contributed by atoms with Gasteiger partial charge < -0.3 is 10.1 Å². The second-order valence-electron chi connectivity index (χ2n) is 6.26. The van der Waals surface area contributed by atoms with Crippen molar-refractivity contribution in [1.82, 2.24) is 15.1 Å². The van der Waals surface area contributed by atoms with Crippen LogP contribution in [0.3, 0.4) is 0 Å². The van der Waals surface area contributed by atoms with Crippen LogP contribution in [0.25, 0.3) is 0 Å². The highest BCUT2D eigenvalue weighted by molar-refractivity contribution is 5.91. The van der Waals surface area contributed by atoms with Crippen LogP contribution in [0.5, 0.6) is 5.75 Å². The van der Waals surface area contributed by atoms with E-state index in [9.17, 15) is 14.0 Å². The van der Waals surface area contributed by atoms with E-state index in [4.69, 9.17) is 4.74 Å². The van der Waals surface area contributed by atoms with Crippen molar-refractivity contribution >= 4 is 5.91 Å². The molecule has 1 N–H and O–H groups in total. The van der Waals surface area contributed by atoms with Crippen molar-refractivity contribution in [2.24, 2.45) is 0 Å². The predicted molar refractivity (Wildman–Crippen MR) is 103 cm³/mol. The van der Waals surface area contributed by atoms with Crippen molar-refractivity contribution < 1.29 is 13.9 Å². The summed E-state index contributed by atoms with van der Waals surface area (Å²) in [5.74, 6) is -0.228. The predicted octanol–water partition coefficient (Wildman–Crippen LogP) is 2.55. The van der Waals surface area contributed by atoms with E-state index >= 15 is 0 Å². The molecular formula is C21H20FN3O3. The van der Waals surface area contributed by atoms with Gasteiger partial charge in [0.15, 0.2) is 0 Å². The lowest BCUT2D eigenvalue weighted by molar-refractivity contribution is 0.0939. The lowest BCUT2D eigenvalue weighted by atomic mass is 10.1. The molecule has 0 saturated heterocycles. The van der Waals surface area contributed by atoms with Gasteiger partial charge in [-0.3, -0.25) is 9.59 Å². The molecule has 0 aliphatic carbocycles. The minimum Gasteiger partial charge on any atom is -0.492 e. The van der Waals surface area contributed by atoms with Crippen molar-refractivity contribution in [3.05, 3.63) is 93.7 Å². The summed E-state index contributed by atoms with van der Waals surface area (Å²) in [7, 11) is 0. The standard InChI is InChI=1S/C21H20FN3O3/c1-15-2-4-16(5-3-15)14-25-20(26)11-10-19(24-25)21(27)23-12-13-28-18-8-6-17(22)7-9-18/h2-11H,12-14H2,1H3,(H,23,27). The van der Waals surface area contributed by atoms with E-state index < -0.39 is 5.91 Å². The smallest absolute Gasteiger partial charge is 0.271 e. The van der Waals surface area contributed by atoms with Crippen LogP contribution in [0.15, 0.2) is 65.5 Å². The molecule has 3 rings (SSSR count). The van der Waals surface area contributed by atoms with E-state index in [0.29, 0.717) is 5.75 Å². The number of aromatic nitrogens is 2. The van der Waals surface area contributed by atoms with Crippen molar-refractivity contribution in [2.45, 2.75) is 13.5 Å². The molecule has 7 heteroatoms. The Hall–Kier alpha value is -3.48. The number of nitrogens with zero attached hydrogens (tertiary/aromatic N) is 2. The van der Waals surface area contributed by atoms with Crippen molar-refractivity contribution in [3.8, 4) is 5.75 Å². The fourth-order valence-corrected chi connectivity index (χ4v) is 2.50. The fourth-order valence-electron chi connectivity index (χ4n) is 2.50. The number of halogens is 1. The third kappa shape index (κ3) is 5.26. The molecule has 144 valence electrons. The molecule has 0 radical (unpaired) electrons. The second-order valence-corrected chi connectivity index (χ2v) is 6.26. The molecule has 0 saturated carbocycles. The molecule has 2 aromatic carbocycles. The SMILES string of the molecule is Cc1ccc(Cn2nc(C(=O)NCCOc3ccc(F)cc3)ccc2=O)cc1. The number of carbonyl (C=O) groups excluding carboxylic acids is 1. The van der Waals surface area contributed by atoms with Crippen molar-refractivity contribution in [1.29, 1.82) is 0 Å². The second kappa shape index (κ2) is 8.94. The highest BCUT2D eigenvalue weighted by Gasteiger charge is 2.09. The zero-order valence-electron chi connectivity index (χ0n) is 15.4. The molecule has 0 aliphatic rings. The quantitative estimate of drug-likeness (QED) is 0.639. The minimum atomic E-state index is -0.402. The topological polar surface area (TPSA) is 73.2 Å². The average Bonchev–Trinajstić information content (AvgIpc) is 2.70. The van der Waals surface area contributed by atoms with E-state index in [-0.39, 0.29) is 36.8 Å². The lowest BCUT2D eigenvalue weighted by Crippen LogP contribution is -2.32. The van der Waals surface area contributed by atoms with Gasteiger partial charge in [0.1, 0.15) is 23.9 Å². The zero-order valence-corrected chi connectivity index (χ0v) is 15.4. The number of carbonyl (C=O) groups is 1. The average molecular weight is 381 g/mol. The van der Waals surface area contributed by atoms with Gasteiger partial charge in [0.2, 0.25) is 0 Å². The van der Waals surface area contributed by atoms with Gasteiger partial charge in [-0.15, -0.1) is 0 Å². The molecule has 0 fully saturated rings. The molecule has 0 atom stereocenters. The summed E-state index contributed by atoms with van der Waals surface area (Å²) in [6.07, 6.45) is 0. The summed E-state index contributed by atoms with van der Waals surface area (Å²) >= 11 is 0. The Bertz CT molecular complexity index is 999. The van der Waals surface area contributed by atoms with Gasteiger partial charge in [0.25, 0.3) is 11.5 Å².